The van der Waals surface area contributed by atoms with Gasteiger partial charge in [0.25, 0.3) is 0 Å². The zero-order valence-corrected chi connectivity index (χ0v) is 11.4. The molecular formula is C13H12BrN3O. The fraction of sp³-hybridized carbons (Fsp3) is 0.0769. The SMILES string of the molecule is Cc1ccc(C(=N)N)c(Oc2ccc(Br)cc2)n1. The summed E-state index contributed by atoms with van der Waals surface area (Å²) in [5.74, 6) is 0.943. The van der Waals surface area contributed by atoms with Crippen LogP contribution in [0.5, 0.6) is 11.6 Å². The Morgan fingerprint density at radius 1 is 1.22 bits per heavy atom. The van der Waals surface area contributed by atoms with Crippen molar-refractivity contribution in [2.45, 2.75) is 6.92 Å². The van der Waals surface area contributed by atoms with Gasteiger partial charge in [0.15, 0.2) is 0 Å². The van der Waals surface area contributed by atoms with Gasteiger partial charge in [-0.2, -0.15) is 0 Å². The molecule has 2 rings (SSSR count). The minimum Gasteiger partial charge on any atom is -0.438 e. The molecule has 5 heteroatoms. The van der Waals surface area contributed by atoms with Crippen LogP contribution in [0.4, 0.5) is 0 Å². The molecule has 1 aromatic heterocycles. The molecule has 0 aliphatic heterocycles. The maximum absolute atomic E-state index is 7.50. The summed E-state index contributed by atoms with van der Waals surface area (Å²) in [5, 5.41) is 7.50. The first-order valence-electron chi connectivity index (χ1n) is 5.32. The molecule has 0 aliphatic rings. The van der Waals surface area contributed by atoms with Crippen molar-refractivity contribution in [3.05, 3.63) is 52.1 Å². The smallest absolute Gasteiger partial charge is 0.230 e. The van der Waals surface area contributed by atoms with Crippen LogP contribution in [-0.2, 0) is 0 Å². The molecule has 0 spiro atoms. The number of benzene rings is 1. The van der Waals surface area contributed by atoms with E-state index in [1.165, 1.54) is 0 Å². The highest BCUT2D eigenvalue weighted by molar-refractivity contribution is 9.10. The monoisotopic (exact) mass is 305 g/mol. The fourth-order valence-corrected chi connectivity index (χ4v) is 1.69. The molecule has 0 bridgehead atoms. The van der Waals surface area contributed by atoms with Crippen molar-refractivity contribution in [1.29, 1.82) is 5.41 Å². The van der Waals surface area contributed by atoms with Gasteiger partial charge in [0, 0.05) is 10.2 Å². The van der Waals surface area contributed by atoms with E-state index in [2.05, 4.69) is 20.9 Å². The largest absolute Gasteiger partial charge is 0.438 e. The first-order valence-corrected chi connectivity index (χ1v) is 6.11. The number of nitrogens with zero attached hydrogens (tertiary/aromatic N) is 1. The molecule has 92 valence electrons. The van der Waals surface area contributed by atoms with Crippen LogP contribution in [-0.4, -0.2) is 10.8 Å². The summed E-state index contributed by atoms with van der Waals surface area (Å²) in [4.78, 5) is 4.26. The van der Waals surface area contributed by atoms with Gasteiger partial charge < -0.3 is 10.5 Å². The summed E-state index contributed by atoms with van der Waals surface area (Å²) in [7, 11) is 0. The fourth-order valence-electron chi connectivity index (χ4n) is 1.43. The number of rotatable bonds is 3. The summed E-state index contributed by atoms with van der Waals surface area (Å²) < 4.78 is 6.62. The molecule has 0 saturated carbocycles. The highest BCUT2D eigenvalue weighted by atomic mass is 79.9. The average molecular weight is 306 g/mol. The predicted octanol–water partition coefficient (Wildman–Crippen LogP) is 3.23. The van der Waals surface area contributed by atoms with Crippen molar-refractivity contribution < 1.29 is 4.74 Å². The van der Waals surface area contributed by atoms with Crippen LogP contribution in [0, 0.1) is 12.3 Å². The number of nitrogens with one attached hydrogen (secondary N) is 1. The van der Waals surface area contributed by atoms with Crippen LogP contribution in [0.15, 0.2) is 40.9 Å². The quantitative estimate of drug-likeness (QED) is 0.675. The van der Waals surface area contributed by atoms with Gasteiger partial charge in [-0.05, 0) is 43.3 Å². The van der Waals surface area contributed by atoms with E-state index in [-0.39, 0.29) is 5.84 Å². The average Bonchev–Trinajstić information content (AvgIpc) is 2.32. The maximum Gasteiger partial charge on any atom is 0.230 e. The van der Waals surface area contributed by atoms with E-state index in [9.17, 15) is 0 Å². The van der Waals surface area contributed by atoms with Crippen LogP contribution in [0.2, 0.25) is 0 Å². The van der Waals surface area contributed by atoms with E-state index in [4.69, 9.17) is 15.9 Å². The van der Waals surface area contributed by atoms with E-state index in [0.29, 0.717) is 17.2 Å². The lowest BCUT2D eigenvalue weighted by molar-refractivity contribution is 0.460. The first-order chi connectivity index (χ1) is 8.56. The Labute approximate surface area is 113 Å². The van der Waals surface area contributed by atoms with Crippen LogP contribution in [0.25, 0.3) is 0 Å². The third-order valence-electron chi connectivity index (χ3n) is 2.32. The second-order valence-corrected chi connectivity index (χ2v) is 4.69. The number of hydrogen-bond donors (Lipinski definition) is 2. The van der Waals surface area contributed by atoms with Gasteiger partial charge in [0.2, 0.25) is 5.88 Å². The molecule has 1 aromatic carbocycles. The minimum absolute atomic E-state index is 0.0605. The Hall–Kier alpha value is -1.88. The van der Waals surface area contributed by atoms with E-state index in [0.717, 1.165) is 10.2 Å². The van der Waals surface area contributed by atoms with Crippen LogP contribution in [0.3, 0.4) is 0 Å². The topological polar surface area (TPSA) is 72.0 Å². The second-order valence-electron chi connectivity index (χ2n) is 3.78. The van der Waals surface area contributed by atoms with Crippen LogP contribution < -0.4 is 10.5 Å². The number of ether oxygens (including phenoxy) is 1. The standard InChI is InChI=1S/C13H12BrN3O/c1-8-2-7-11(12(15)16)13(17-8)18-10-5-3-9(14)4-6-10/h2-7H,1H3,(H3,15,16). The number of halogens is 1. The third-order valence-corrected chi connectivity index (χ3v) is 2.85. The van der Waals surface area contributed by atoms with Crippen molar-refractivity contribution in [2.75, 3.05) is 0 Å². The molecule has 18 heavy (non-hydrogen) atoms. The van der Waals surface area contributed by atoms with Crippen molar-refractivity contribution in [3.63, 3.8) is 0 Å². The molecule has 3 N–H and O–H groups in total. The summed E-state index contributed by atoms with van der Waals surface area (Å²) >= 11 is 3.35. The first kappa shape index (κ1) is 12.6. The highest BCUT2D eigenvalue weighted by Crippen LogP contribution is 2.24. The molecule has 0 amide bonds. The summed E-state index contributed by atoms with van der Waals surface area (Å²) in [6, 6.07) is 10.9. The zero-order chi connectivity index (χ0) is 13.1. The molecule has 0 saturated heterocycles. The summed E-state index contributed by atoms with van der Waals surface area (Å²) in [5.41, 5.74) is 6.80. The van der Waals surface area contributed by atoms with E-state index < -0.39 is 0 Å². The number of aryl methyl sites for hydroxylation is 1. The number of nitrogen functional groups attached to an aromatic ring is 1. The van der Waals surface area contributed by atoms with Crippen molar-refractivity contribution >= 4 is 21.8 Å². The lowest BCUT2D eigenvalue weighted by Crippen LogP contribution is -2.13. The van der Waals surface area contributed by atoms with Gasteiger partial charge in [-0.3, -0.25) is 5.41 Å². The maximum atomic E-state index is 7.50. The number of hydrogen-bond acceptors (Lipinski definition) is 3. The Bertz CT molecular complexity index is 581. The molecule has 0 atom stereocenters. The number of amidine groups is 1. The molecular weight excluding hydrogens is 294 g/mol. The molecule has 4 nitrogen and oxygen atoms in total. The molecule has 1 heterocycles. The van der Waals surface area contributed by atoms with E-state index >= 15 is 0 Å². The van der Waals surface area contributed by atoms with E-state index in [1.807, 2.05) is 31.2 Å². The van der Waals surface area contributed by atoms with Gasteiger partial charge >= 0.3 is 0 Å². The molecule has 0 radical (unpaired) electrons. The zero-order valence-electron chi connectivity index (χ0n) is 9.77. The Kier molecular flexibility index (Phi) is 3.62. The number of nitrogens with two attached hydrogens (primary N) is 1. The highest BCUT2D eigenvalue weighted by Gasteiger charge is 2.09. The van der Waals surface area contributed by atoms with E-state index in [1.54, 1.807) is 12.1 Å². The summed E-state index contributed by atoms with van der Waals surface area (Å²) in [6.07, 6.45) is 0. The van der Waals surface area contributed by atoms with Crippen molar-refractivity contribution in [1.82, 2.24) is 4.98 Å². The number of aromatic nitrogens is 1. The Balaban J connectivity index is 2.35. The summed E-state index contributed by atoms with van der Waals surface area (Å²) in [6.45, 7) is 1.86. The van der Waals surface area contributed by atoms with Crippen LogP contribution >= 0.6 is 15.9 Å². The molecule has 0 aliphatic carbocycles. The second kappa shape index (κ2) is 5.18. The molecule has 2 aromatic rings. The normalized spacial score (nSPS) is 10.1. The van der Waals surface area contributed by atoms with Crippen molar-refractivity contribution in [2.24, 2.45) is 5.73 Å². The van der Waals surface area contributed by atoms with Gasteiger partial charge in [-0.15, -0.1) is 0 Å². The van der Waals surface area contributed by atoms with Gasteiger partial charge in [-0.1, -0.05) is 15.9 Å². The Morgan fingerprint density at radius 2 is 1.89 bits per heavy atom. The third kappa shape index (κ3) is 2.87. The van der Waals surface area contributed by atoms with Crippen LogP contribution in [0.1, 0.15) is 11.3 Å². The lowest BCUT2D eigenvalue weighted by Gasteiger charge is -2.09. The molecule has 0 unspecified atom stereocenters. The minimum atomic E-state index is -0.0605. The van der Waals surface area contributed by atoms with Gasteiger partial charge in [0.05, 0.1) is 5.56 Å². The van der Waals surface area contributed by atoms with Gasteiger partial charge in [0.1, 0.15) is 11.6 Å². The molecule has 0 fully saturated rings. The van der Waals surface area contributed by atoms with Crippen molar-refractivity contribution in [3.8, 4) is 11.6 Å². The van der Waals surface area contributed by atoms with Gasteiger partial charge in [-0.25, -0.2) is 4.98 Å². The Morgan fingerprint density at radius 3 is 2.50 bits per heavy atom. The number of pyridine rings is 1. The predicted molar refractivity (Wildman–Crippen MR) is 74.2 cm³/mol. The lowest BCUT2D eigenvalue weighted by atomic mass is 10.2.